The van der Waals surface area contributed by atoms with Crippen LogP contribution < -0.4 is 5.48 Å². The zero-order valence-electron chi connectivity index (χ0n) is 7.96. The Labute approximate surface area is 78.0 Å². The Hall–Kier alpha value is -1.06. The van der Waals surface area contributed by atoms with Gasteiger partial charge in [-0.25, -0.2) is 5.48 Å². The van der Waals surface area contributed by atoms with Crippen LogP contribution in [0.25, 0.3) is 0 Å². The fraction of sp³-hybridized carbons (Fsp3) is 0.400. The van der Waals surface area contributed by atoms with E-state index in [0.29, 0.717) is 12.3 Å². The molecule has 0 saturated carbocycles. The Bertz CT molecular complexity index is 297. The molecule has 0 heterocycles. The van der Waals surface area contributed by atoms with Crippen molar-refractivity contribution in [2.75, 3.05) is 0 Å². The van der Waals surface area contributed by atoms with E-state index in [4.69, 9.17) is 5.21 Å². The molecule has 1 rings (SSSR count). The van der Waals surface area contributed by atoms with Gasteiger partial charge in [0.15, 0.2) is 0 Å². The van der Waals surface area contributed by atoms with Gasteiger partial charge in [0.25, 0.3) is 0 Å². The summed E-state index contributed by atoms with van der Waals surface area (Å²) in [5.41, 5.74) is 5.02. The van der Waals surface area contributed by atoms with Crippen LogP contribution in [0, 0.1) is 6.92 Å². The lowest BCUT2D eigenvalue weighted by atomic mass is 10.0. The van der Waals surface area contributed by atoms with E-state index in [0.717, 1.165) is 23.1 Å². The van der Waals surface area contributed by atoms with E-state index < -0.39 is 0 Å². The number of aryl methyl sites for hydroxylation is 2. The Morgan fingerprint density at radius 2 is 2.00 bits per heavy atom. The van der Waals surface area contributed by atoms with Gasteiger partial charge in [-0.3, -0.25) is 0 Å². The first kappa shape index (κ1) is 10.0. The van der Waals surface area contributed by atoms with Gasteiger partial charge in [-0.2, -0.15) is 0 Å². The molecule has 0 fully saturated rings. The first-order valence-electron chi connectivity index (χ1n) is 4.37. The molecule has 0 saturated heterocycles. The van der Waals surface area contributed by atoms with Crippen molar-refractivity contribution in [3.05, 3.63) is 28.8 Å². The third-order valence-electron chi connectivity index (χ3n) is 2.19. The second kappa shape index (κ2) is 4.25. The molecule has 0 amide bonds. The van der Waals surface area contributed by atoms with Gasteiger partial charge < -0.3 is 10.3 Å². The highest BCUT2D eigenvalue weighted by Crippen LogP contribution is 2.22. The van der Waals surface area contributed by atoms with E-state index in [-0.39, 0.29) is 0 Å². The predicted octanol–water partition coefficient (Wildman–Crippen LogP) is 1.74. The third-order valence-corrected chi connectivity index (χ3v) is 2.19. The summed E-state index contributed by atoms with van der Waals surface area (Å²) in [4.78, 5) is 0. The summed E-state index contributed by atoms with van der Waals surface area (Å²) >= 11 is 0. The number of benzene rings is 1. The monoisotopic (exact) mass is 181 g/mol. The highest BCUT2D eigenvalue weighted by Gasteiger charge is 2.04. The van der Waals surface area contributed by atoms with Gasteiger partial charge in [0.05, 0.1) is 0 Å². The molecule has 1 aromatic carbocycles. The minimum Gasteiger partial charge on any atom is -0.508 e. The lowest BCUT2D eigenvalue weighted by Gasteiger charge is -2.08. The van der Waals surface area contributed by atoms with Crippen LogP contribution in [0.2, 0.25) is 0 Å². The van der Waals surface area contributed by atoms with E-state index in [1.54, 1.807) is 6.07 Å². The van der Waals surface area contributed by atoms with E-state index in [9.17, 15) is 5.11 Å². The van der Waals surface area contributed by atoms with E-state index >= 15 is 0 Å². The number of hydrogen-bond donors (Lipinski definition) is 3. The lowest BCUT2D eigenvalue weighted by molar-refractivity contribution is 0.161. The minimum atomic E-state index is 0.335. The van der Waals surface area contributed by atoms with Crippen molar-refractivity contribution in [3.63, 3.8) is 0 Å². The van der Waals surface area contributed by atoms with Crippen LogP contribution in [0.4, 0.5) is 0 Å². The fourth-order valence-electron chi connectivity index (χ4n) is 1.35. The number of hydrogen-bond acceptors (Lipinski definition) is 3. The van der Waals surface area contributed by atoms with Crippen LogP contribution >= 0.6 is 0 Å². The van der Waals surface area contributed by atoms with E-state index in [1.165, 1.54) is 0 Å². The Morgan fingerprint density at radius 3 is 2.54 bits per heavy atom. The van der Waals surface area contributed by atoms with Gasteiger partial charge in [0, 0.05) is 6.54 Å². The summed E-state index contributed by atoms with van der Waals surface area (Å²) in [5, 5.41) is 18.1. The molecule has 3 nitrogen and oxygen atoms in total. The van der Waals surface area contributed by atoms with Crippen LogP contribution in [0.15, 0.2) is 12.1 Å². The topological polar surface area (TPSA) is 52.5 Å². The summed E-state index contributed by atoms with van der Waals surface area (Å²) in [7, 11) is 0. The van der Waals surface area contributed by atoms with Crippen LogP contribution in [-0.2, 0) is 13.0 Å². The predicted molar refractivity (Wildman–Crippen MR) is 50.8 cm³/mol. The van der Waals surface area contributed by atoms with Crippen LogP contribution in [0.1, 0.15) is 23.6 Å². The summed E-state index contributed by atoms with van der Waals surface area (Å²) in [6, 6.07) is 3.64. The minimum absolute atomic E-state index is 0.335. The van der Waals surface area contributed by atoms with Crippen molar-refractivity contribution in [3.8, 4) is 5.75 Å². The quantitative estimate of drug-likeness (QED) is 0.622. The summed E-state index contributed by atoms with van der Waals surface area (Å²) in [6.07, 6.45) is 0.796. The van der Waals surface area contributed by atoms with Crippen molar-refractivity contribution >= 4 is 0 Å². The summed E-state index contributed by atoms with van der Waals surface area (Å²) in [5.74, 6) is 0.335. The SMILES string of the molecule is CCc1cc(CNO)c(C)cc1O. The van der Waals surface area contributed by atoms with Gasteiger partial charge >= 0.3 is 0 Å². The van der Waals surface area contributed by atoms with Crippen LogP contribution in [0.5, 0.6) is 5.75 Å². The smallest absolute Gasteiger partial charge is 0.119 e. The highest BCUT2D eigenvalue weighted by atomic mass is 16.5. The van der Waals surface area contributed by atoms with Crippen molar-refractivity contribution in [2.24, 2.45) is 0 Å². The maximum absolute atomic E-state index is 9.50. The van der Waals surface area contributed by atoms with Crippen molar-refractivity contribution < 1.29 is 10.3 Å². The molecule has 0 aliphatic rings. The maximum Gasteiger partial charge on any atom is 0.119 e. The van der Waals surface area contributed by atoms with Crippen LogP contribution in [-0.4, -0.2) is 10.3 Å². The molecule has 0 aliphatic carbocycles. The van der Waals surface area contributed by atoms with Crippen LogP contribution in [0.3, 0.4) is 0 Å². The molecule has 0 atom stereocenters. The number of nitrogens with one attached hydrogen (secondary N) is 1. The normalized spacial score (nSPS) is 10.4. The number of phenols is 1. The molecule has 0 aliphatic heterocycles. The molecule has 1 aromatic rings. The third kappa shape index (κ3) is 2.20. The first-order chi connectivity index (χ1) is 6.19. The van der Waals surface area contributed by atoms with Gasteiger partial charge in [0.1, 0.15) is 5.75 Å². The largest absolute Gasteiger partial charge is 0.508 e. The first-order valence-corrected chi connectivity index (χ1v) is 4.37. The zero-order valence-corrected chi connectivity index (χ0v) is 7.96. The lowest BCUT2D eigenvalue weighted by Crippen LogP contribution is -2.07. The zero-order chi connectivity index (χ0) is 9.84. The number of rotatable bonds is 3. The highest BCUT2D eigenvalue weighted by molar-refractivity contribution is 5.41. The van der Waals surface area contributed by atoms with E-state index in [1.807, 2.05) is 19.9 Å². The Balaban J connectivity index is 3.06. The number of phenolic OH excluding ortho intramolecular Hbond substituents is 1. The second-order valence-electron chi connectivity index (χ2n) is 3.10. The van der Waals surface area contributed by atoms with Crippen molar-refractivity contribution in [1.82, 2.24) is 5.48 Å². The average molecular weight is 181 g/mol. The summed E-state index contributed by atoms with van der Waals surface area (Å²) < 4.78 is 0. The second-order valence-corrected chi connectivity index (χ2v) is 3.10. The van der Waals surface area contributed by atoms with Gasteiger partial charge in [-0.05, 0) is 36.1 Å². The molecular formula is C10H15NO2. The molecule has 0 radical (unpaired) electrons. The molecule has 0 aromatic heterocycles. The van der Waals surface area contributed by atoms with Gasteiger partial charge in [-0.15, -0.1) is 0 Å². The molecule has 72 valence electrons. The summed E-state index contributed by atoms with van der Waals surface area (Å²) in [6.45, 7) is 4.31. The Kier molecular flexibility index (Phi) is 3.28. The maximum atomic E-state index is 9.50. The fourth-order valence-corrected chi connectivity index (χ4v) is 1.35. The number of hydroxylamine groups is 1. The standard InChI is InChI=1S/C10H15NO2/c1-3-8-5-9(6-11-13)7(2)4-10(8)12/h4-5,11-13H,3,6H2,1-2H3. The number of aromatic hydroxyl groups is 1. The Morgan fingerprint density at radius 1 is 1.31 bits per heavy atom. The average Bonchev–Trinajstić information content (AvgIpc) is 2.10. The molecular weight excluding hydrogens is 166 g/mol. The molecule has 0 spiro atoms. The van der Waals surface area contributed by atoms with Gasteiger partial charge in [0.2, 0.25) is 0 Å². The van der Waals surface area contributed by atoms with Gasteiger partial charge in [-0.1, -0.05) is 13.0 Å². The molecule has 13 heavy (non-hydrogen) atoms. The molecule has 0 unspecified atom stereocenters. The van der Waals surface area contributed by atoms with E-state index in [2.05, 4.69) is 5.48 Å². The van der Waals surface area contributed by atoms with Crippen molar-refractivity contribution in [2.45, 2.75) is 26.8 Å². The molecule has 0 bridgehead atoms. The molecule has 3 heteroatoms. The van der Waals surface area contributed by atoms with Crippen molar-refractivity contribution in [1.29, 1.82) is 0 Å². The molecule has 3 N–H and O–H groups in total.